The van der Waals surface area contributed by atoms with Crippen LogP contribution in [-0.2, 0) is 35.3 Å². The van der Waals surface area contributed by atoms with Gasteiger partial charge in [-0.05, 0) is 50.8 Å². The van der Waals surface area contributed by atoms with Crippen molar-refractivity contribution in [2.24, 2.45) is 0 Å². The molecule has 0 atom stereocenters. The predicted octanol–water partition coefficient (Wildman–Crippen LogP) is 6.19. The van der Waals surface area contributed by atoms with Crippen LogP contribution < -0.4 is 5.32 Å². The Balaban J connectivity index is 1.95. The van der Waals surface area contributed by atoms with Gasteiger partial charge in [-0.2, -0.15) is 5.10 Å². The Morgan fingerprint density at radius 3 is 2.32 bits per heavy atom. The van der Waals surface area contributed by atoms with Crippen molar-refractivity contribution in [1.29, 1.82) is 0 Å². The van der Waals surface area contributed by atoms with Crippen LogP contribution in [0.5, 0.6) is 0 Å². The highest BCUT2D eigenvalue weighted by Gasteiger charge is 2.33. The number of amides is 2. The molecule has 9 heteroatoms. The van der Waals surface area contributed by atoms with Gasteiger partial charge in [0.05, 0.1) is 29.3 Å². The van der Waals surface area contributed by atoms with E-state index in [0.29, 0.717) is 24.2 Å². The Kier molecular flexibility index (Phi) is 7.58. The van der Waals surface area contributed by atoms with E-state index < -0.39 is 29.2 Å². The average Bonchev–Trinajstić information content (AvgIpc) is 3.22. The predicted molar refractivity (Wildman–Crippen MR) is 142 cm³/mol. The van der Waals surface area contributed by atoms with Gasteiger partial charge in [0.2, 0.25) is 5.91 Å². The maximum atomic E-state index is 15.7. The van der Waals surface area contributed by atoms with Crippen LogP contribution in [0.1, 0.15) is 63.9 Å². The summed E-state index contributed by atoms with van der Waals surface area (Å²) in [4.78, 5) is 26.0. The molecule has 0 spiro atoms. The molecule has 38 heavy (non-hydrogen) atoms. The maximum Gasteiger partial charge on any atom is 0.410 e. The fraction of sp³-hybridized carbons (Fsp3) is 0.414. The molecule has 0 saturated carbocycles. The van der Waals surface area contributed by atoms with Crippen LogP contribution in [0.3, 0.4) is 0 Å². The number of aryl methyl sites for hydroxylation is 2. The lowest BCUT2D eigenvalue weighted by atomic mass is 9.98. The fourth-order valence-electron chi connectivity index (χ4n) is 4.80. The van der Waals surface area contributed by atoms with Gasteiger partial charge in [0, 0.05) is 37.1 Å². The molecule has 2 aromatic carbocycles. The zero-order valence-corrected chi connectivity index (χ0v) is 22.7. The third-order valence-electron chi connectivity index (χ3n) is 6.49. The number of ether oxygens (including phenoxy) is 1. The summed E-state index contributed by atoms with van der Waals surface area (Å²) in [5.41, 5.74) is 3.71. The van der Waals surface area contributed by atoms with Crippen molar-refractivity contribution in [2.45, 2.75) is 73.0 Å². The van der Waals surface area contributed by atoms with Gasteiger partial charge in [0.15, 0.2) is 0 Å². The summed E-state index contributed by atoms with van der Waals surface area (Å²) in [7, 11) is 0. The van der Waals surface area contributed by atoms with Crippen molar-refractivity contribution < 1.29 is 23.1 Å². The SMILES string of the molecule is CCc1cccc(CC)c1-n1nc2c(c1-c1cc(F)c(NC(C)=O)cc1F)CN(C(=O)OC(C)(C)C)CC2. The van der Waals surface area contributed by atoms with E-state index in [1.165, 1.54) is 6.92 Å². The number of nitrogens with zero attached hydrogens (tertiary/aromatic N) is 3. The second-order valence-corrected chi connectivity index (χ2v) is 10.5. The molecule has 2 heterocycles. The number of nitrogens with one attached hydrogen (secondary N) is 1. The lowest BCUT2D eigenvalue weighted by Gasteiger charge is -2.30. The second-order valence-electron chi connectivity index (χ2n) is 10.5. The Morgan fingerprint density at radius 2 is 1.74 bits per heavy atom. The van der Waals surface area contributed by atoms with Crippen LogP contribution >= 0.6 is 0 Å². The van der Waals surface area contributed by atoms with Crippen molar-refractivity contribution in [3.8, 4) is 16.9 Å². The van der Waals surface area contributed by atoms with E-state index in [-0.39, 0.29) is 17.8 Å². The number of anilines is 1. The number of fused-ring (bicyclic) bond motifs is 1. The quantitative estimate of drug-likeness (QED) is 0.432. The summed E-state index contributed by atoms with van der Waals surface area (Å²) in [6.07, 6.45) is 1.40. The number of halogens is 2. The number of carbonyl (C=O) groups excluding carboxylic acids is 2. The van der Waals surface area contributed by atoms with E-state index in [2.05, 4.69) is 5.32 Å². The Bertz CT molecular complexity index is 1370. The lowest BCUT2D eigenvalue weighted by Crippen LogP contribution is -2.39. The molecule has 0 saturated heterocycles. The zero-order chi connectivity index (χ0) is 27.8. The number of hydrogen-bond acceptors (Lipinski definition) is 4. The molecule has 1 aliphatic heterocycles. The molecule has 7 nitrogen and oxygen atoms in total. The minimum Gasteiger partial charge on any atom is -0.444 e. The molecule has 0 fully saturated rings. The first-order valence-corrected chi connectivity index (χ1v) is 12.9. The first-order chi connectivity index (χ1) is 17.9. The van der Waals surface area contributed by atoms with Gasteiger partial charge >= 0.3 is 6.09 Å². The van der Waals surface area contributed by atoms with Crippen LogP contribution in [0.25, 0.3) is 16.9 Å². The van der Waals surface area contributed by atoms with Crippen molar-refractivity contribution in [3.05, 3.63) is 64.4 Å². The number of aromatic nitrogens is 2. The Morgan fingerprint density at radius 1 is 1.08 bits per heavy atom. The van der Waals surface area contributed by atoms with E-state index in [4.69, 9.17) is 9.84 Å². The molecule has 202 valence electrons. The largest absolute Gasteiger partial charge is 0.444 e. The molecule has 1 N–H and O–H groups in total. The minimum atomic E-state index is -0.766. The third-order valence-corrected chi connectivity index (χ3v) is 6.49. The summed E-state index contributed by atoms with van der Waals surface area (Å²) >= 11 is 0. The van der Waals surface area contributed by atoms with Crippen molar-refractivity contribution >= 4 is 17.7 Å². The van der Waals surface area contributed by atoms with E-state index in [9.17, 15) is 9.59 Å². The zero-order valence-electron chi connectivity index (χ0n) is 22.7. The monoisotopic (exact) mass is 524 g/mol. The van der Waals surface area contributed by atoms with Crippen molar-refractivity contribution in [3.63, 3.8) is 0 Å². The normalized spacial score (nSPS) is 13.3. The first kappa shape index (κ1) is 27.3. The fourth-order valence-corrected chi connectivity index (χ4v) is 4.80. The van der Waals surface area contributed by atoms with Crippen LogP contribution in [0, 0.1) is 11.6 Å². The van der Waals surface area contributed by atoms with Gasteiger partial charge in [-0.3, -0.25) is 4.79 Å². The summed E-state index contributed by atoms with van der Waals surface area (Å²) in [6, 6.07) is 8.06. The molecule has 2 amide bonds. The number of benzene rings is 2. The van der Waals surface area contributed by atoms with E-state index in [1.54, 1.807) is 30.4 Å². The first-order valence-electron chi connectivity index (χ1n) is 12.9. The summed E-state index contributed by atoms with van der Waals surface area (Å²) < 4.78 is 38.1. The van der Waals surface area contributed by atoms with Gasteiger partial charge in [-0.15, -0.1) is 0 Å². The Hall–Kier alpha value is -3.75. The summed E-state index contributed by atoms with van der Waals surface area (Å²) in [5, 5.41) is 7.23. The number of rotatable bonds is 5. The van der Waals surface area contributed by atoms with Crippen molar-refractivity contribution in [2.75, 3.05) is 11.9 Å². The van der Waals surface area contributed by atoms with Crippen LogP contribution in [0.2, 0.25) is 0 Å². The molecule has 0 radical (unpaired) electrons. The number of para-hydroxylation sites is 1. The van der Waals surface area contributed by atoms with E-state index in [0.717, 1.165) is 47.5 Å². The van der Waals surface area contributed by atoms with Gasteiger partial charge in [-0.1, -0.05) is 32.0 Å². The molecular weight excluding hydrogens is 490 g/mol. The minimum absolute atomic E-state index is 0.00403. The van der Waals surface area contributed by atoms with Gasteiger partial charge in [-0.25, -0.2) is 18.3 Å². The molecular formula is C29H34F2N4O3. The molecule has 0 aliphatic carbocycles. The molecule has 3 aromatic rings. The molecule has 4 rings (SSSR count). The number of hydrogen-bond donors (Lipinski definition) is 1. The summed E-state index contributed by atoms with van der Waals surface area (Å²) in [5.74, 6) is -1.98. The maximum absolute atomic E-state index is 15.7. The Labute approximate surface area is 221 Å². The highest BCUT2D eigenvalue weighted by molar-refractivity contribution is 5.89. The molecule has 1 aromatic heterocycles. The number of carbonyl (C=O) groups is 2. The van der Waals surface area contributed by atoms with Gasteiger partial charge in [0.1, 0.15) is 17.2 Å². The molecule has 0 bridgehead atoms. The van der Waals surface area contributed by atoms with Crippen LogP contribution in [0.15, 0.2) is 30.3 Å². The second kappa shape index (κ2) is 10.6. The van der Waals surface area contributed by atoms with Gasteiger partial charge in [0.25, 0.3) is 0 Å². The van der Waals surface area contributed by atoms with E-state index >= 15 is 8.78 Å². The van der Waals surface area contributed by atoms with Crippen LogP contribution in [0.4, 0.5) is 19.3 Å². The smallest absolute Gasteiger partial charge is 0.410 e. The van der Waals surface area contributed by atoms with E-state index in [1.807, 2.05) is 32.0 Å². The van der Waals surface area contributed by atoms with Crippen LogP contribution in [-0.4, -0.2) is 38.8 Å². The standard InChI is InChI=1S/C29H34F2N4O3/c1-7-18-10-9-11-19(8-2)26(18)35-27(20-14-23(31)25(15-22(20)30)32-17(3)36)21-16-34(13-12-24(21)33-35)28(37)38-29(4,5)6/h9-11,14-15H,7-8,12-13,16H2,1-6H3,(H,32,36). The highest BCUT2D eigenvalue weighted by atomic mass is 19.1. The molecule has 1 aliphatic rings. The topological polar surface area (TPSA) is 76.5 Å². The highest BCUT2D eigenvalue weighted by Crippen LogP contribution is 2.38. The van der Waals surface area contributed by atoms with Crippen molar-refractivity contribution in [1.82, 2.24) is 14.7 Å². The lowest BCUT2D eigenvalue weighted by molar-refractivity contribution is -0.114. The third kappa shape index (κ3) is 5.42. The average molecular weight is 525 g/mol. The molecule has 0 unspecified atom stereocenters. The van der Waals surface area contributed by atoms with Gasteiger partial charge < -0.3 is 15.0 Å². The summed E-state index contributed by atoms with van der Waals surface area (Å²) in [6.45, 7) is 11.2.